The van der Waals surface area contributed by atoms with Crippen molar-refractivity contribution in [2.75, 3.05) is 0 Å². The van der Waals surface area contributed by atoms with Crippen molar-refractivity contribution in [3.8, 4) is 22.3 Å². The molecule has 3 aromatic carbocycles. The van der Waals surface area contributed by atoms with Crippen LogP contribution in [0, 0.1) is 20.2 Å². The average molecular weight is 320 g/mol. The second-order valence-corrected chi connectivity index (χ2v) is 5.13. The summed E-state index contributed by atoms with van der Waals surface area (Å²) in [6.07, 6.45) is 0. The number of benzene rings is 3. The summed E-state index contributed by atoms with van der Waals surface area (Å²) in [5.41, 5.74) is 2.19. The van der Waals surface area contributed by atoms with Gasteiger partial charge in [-0.2, -0.15) is 0 Å². The van der Waals surface area contributed by atoms with E-state index in [0.717, 1.165) is 16.7 Å². The monoisotopic (exact) mass is 320 g/mol. The van der Waals surface area contributed by atoms with Gasteiger partial charge in [-0.05, 0) is 28.3 Å². The molecule has 0 N–H and O–H groups in total. The van der Waals surface area contributed by atoms with Gasteiger partial charge in [0.05, 0.1) is 9.85 Å². The highest BCUT2D eigenvalue weighted by atomic mass is 16.6. The smallest absolute Gasteiger partial charge is 0.258 e. The maximum absolute atomic E-state index is 11.2. The Morgan fingerprint density at radius 2 is 1.12 bits per heavy atom. The highest BCUT2D eigenvalue weighted by Crippen LogP contribution is 2.36. The van der Waals surface area contributed by atoms with Gasteiger partial charge < -0.3 is 0 Å². The zero-order chi connectivity index (χ0) is 17.1. The molecule has 0 saturated heterocycles. The highest BCUT2D eigenvalue weighted by molar-refractivity contribution is 5.84. The van der Waals surface area contributed by atoms with Crippen LogP contribution in [0.3, 0.4) is 0 Å². The van der Waals surface area contributed by atoms with Gasteiger partial charge in [0.25, 0.3) is 0 Å². The third-order valence-electron chi connectivity index (χ3n) is 3.69. The summed E-state index contributed by atoms with van der Waals surface area (Å²) in [5, 5.41) is 22.1. The average Bonchev–Trinajstić information content (AvgIpc) is 2.62. The van der Waals surface area contributed by atoms with Gasteiger partial charge in [-0.3, -0.25) is 20.2 Å². The van der Waals surface area contributed by atoms with Gasteiger partial charge in [-0.25, -0.2) is 0 Å². The highest BCUT2D eigenvalue weighted by Gasteiger charge is 2.24. The first-order chi connectivity index (χ1) is 11.6. The maximum Gasteiger partial charge on any atom is 0.346 e. The van der Waals surface area contributed by atoms with Gasteiger partial charge in [0.1, 0.15) is 0 Å². The van der Waals surface area contributed by atoms with Crippen LogP contribution in [-0.2, 0) is 0 Å². The molecule has 24 heavy (non-hydrogen) atoms. The second-order valence-electron chi connectivity index (χ2n) is 5.13. The molecule has 6 heteroatoms. The molecule has 0 unspecified atom stereocenters. The van der Waals surface area contributed by atoms with Crippen molar-refractivity contribution in [3.63, 3.8) is 0 Å². The Labute approximate surface area is 137 Å². The number of hydrogen-bond acceptors (Lipinski definition) is 4. The van der Waals surface area contributed by atoms with Crippen LogP contribution < -0.4 is 0 Å². The Balaban J connectivity index is 2.19. The molecule has 0 fully saturated rings. The van der Waals surface area contributed by atoms with Crippen molar-refractivity contribution in [1.82, 2.24) is 0 Å². The molecule has 0 atom stereocenters. The predicted octanol–water partition coefficient (Wildman–Crippen LogP) is 4.84. The summed E-state index contributed by atoms with van der Waals surface area (Å²) in [6.45, 7) is 0. The number of hydrogen-bond donors (Lipinski definition) is 0. The van der Waals surface area contributed by atoms with Crippen molar-refractivity contribution in [2.45, 2.75) is 0 Å². The van der Waals surface area contributed by atoms with Crippen LogP contribution in [0.15, 0.2) is 72.8 Å². The van der Waals surface area contributed by atoms with Gasteiger partial charge in [-0.15, -0.1) is 0 Å². The topological polar surface area (TPSA) is 86.3 Å². The number of nitrogens with zero attached hydrogens (tertiary/aromatic N) is 2. The van der Waals surface area contributed by atoms with E-state index in [1.54, 1.807) is 0 Å². The van der Waals surface area contributed by atoms with Gasteiger partial charge in [0.15, 0.2) is 0 Å². The minimum absolute atomic E-state index is 0.513. The van der Waals surface area contributed by atoms with Gasteiger partial charge >= 0.3 is 11.4 Å². The minimum atomic E-state index is -0.745. The molecule has 0 aliphatic heterocycles. The van der Waals surface area contributed by atoms with E-state index in [1.807, 2.05) is 54.6 Å². The molecular weight excluding hydrogens is 308 g/mol. The Hall–Kier alpha value is -3.54. The van der Waals surface area contributed by atoms with E-state index < -0.39 is 21.2 Å². The number of rotatable bonds is 4. The number of nitro groups is 2. The first kappa shape index (κ1) is 15.4. The molecule has 0 bridgehead atoms. The van der Waals surface area contributed by atoms with Gasteiger partial charge in [0, 0.05) is 12.1 Å². The van der Waals surface area contributed by atoms with E-state index in [1.165, 1.54) is 18.2 Å². The van der Waals surface area contributed by atoms with Crippen LogP contribution >= 0.6 is 0 Å². The molecule has 118 valence electrons. The molecule has 3 rings (SSSR count). The summed E-state index contributed by atoms with van der Waals surface area (Å²) in [7, 11) is 0. The largest absolute Gasteiger partial charge is 0.346 e. The fourth-order valence-electron chi connectivity index (χ4n) is 2.60. The van der Waals surface area contributed by atoms with E-state index >= 15 is 0 Å². The van der Waals surface area contributed by atoms with Crippen LogP contribution in [-0.4, -0.2) is 9.85 Å². The molecule has 0 radical (unpaired) electrons. The minimum Gasteiger partial charge on any atom is -0.258 e. The molecule has 0 spiro atoms. The van der Waals surface area contributed by atoms with Crippen molar-refractivity contribution >= 4 is 11.4 Å². The lowest BCUT2D eigenvalue weighted by atomic mass is 9.94. The lowest BCUT2D eigenvalue weighted by Crippen LogP contribution is -1.97. The summed E-state index contributed by atoms with van der Waals surface area (Å²) in [6, 6.07) is 21.0. The predicted molar refractivity (Wildman–Crippen MR) is 90.6 cm³/mol. The Kier molecular flexibility index (Phi) is 4.03. The molecule has 0 saturated carbocycles. The summed E-state index contributed by atoms with van der Waals surface area (Å²) >= 11 is 0. The Bertz CT molecular complexity index is 923. The molecule has 0 amide bonds. The fraction of sp³-hybridized carbons (Fsp3) is 0. The van der Waals surface area contributed by atoms with Crippen LogP contribution in [0.2, 0.25) is 0 Å². The van der Waals surface area contributed by atoms with Gasteiger partial charge in [-0.1, -0.05) is 54.6 Å². The van der Waals surface area contributed by atoms with Crippen LogP contribution in [0.4, 0.5) is 11.4 Å². The summed E-state index contributed by atoms with van der Waals surface area (Å²) < 4.78 is 0. The fourth-order valence-corrected chi connectivity index (χ4v) is 2.60. The van der Waals surface area contributed by atoms with Gasteiger partial charge in [0.2, 0.25) is 0 Å². The first-order valence-corrected chi connectivity index (χ1v) is 7.15. The third kappa shape index (κ3) is 2.85. The molecule has 0 aliphatic rings. The standard InChI is InChI=1S/C18H12N2O4/c21-19(22)17-11-10-14(12-18(17)20(23)24)16-9-5-4-8-15(16)13-6-2-1-3-7-13/h1-12H. The van der Waals surface area contributed by atoms with Crippen LogP contribution in [0.1, 0.15) is 0 Å². The number of nitro benzene ring substituents is 2. The third-order valence-corrected chi connectivity index (χ3v) is 3.69. The van der Waals surface area contributed by atoms with E-state index in [-0.39, 0.29) is 0 Å². The zero-order valence-corrected chi connectivity index (χ0v) is 12.5. The molecule has 3 aromatic rings. The van der Waals surface area contributed by atoms with Crippen LogP contribution in [0.5, 0.6) is 0 Å². The van der Waals surface area contributed by atoms with Crippen molar-refractivity contribution < 1.29 is 9.85 Å². The molecule has 0 aliphatic carbocycles. The van der Waals surface area contributed by atoms with E-state index in [0.29, 0.717) is 5.56 Å². The Morgan fingerprint density at radius 3 is 1.71 bits per heavy atom. The van der Waals surface area contributed by atoms with Crippen molar-refractivity contribution in [3.05, 3.63) is 93.0 Å². The van der Waals surface area contributed by atoms with Crippen LogP contribution in [0.25, 0.3) is 22.3 Å². The van der Waals surface area contributed by atoms with Crippen molar-refractivity contribution in [2.24, 2.45) is 0 Å². The second kappa shape index (κ2) is 6.29. The van der Waals surface area contributed by atoms with Crippen molar-refractivity contribution in [1.29, 1.82) is 0 Å². The first-order valence-electron chi connectivity index (χ1n) is 7.15. The Morgan fingerprint density at radius 1 is 0.583 bits per heavy atom. The summed E-state index contributed by atoms with van der Waals surface area (Å²) in [4.78, 5) is 20.7. The molecular formula is C18H12N2O4. The normalized spacial score (nSPS) is 10.3. The summed E-state index contributed by atoms with van der Waals surface area (Å²) in [5.74, 6) is 0. The van der Waals surface area contributed by atoms with E-state index in [2.05, 4.69) is 0 Å². The quantitative estimate of drug-likeness (QED) is 0.508. The van der Waals surface area contributed by atoms with E-state index in [4.69, 9.17) is 0 Å². The molecule has 0 aromatic heterocycles. The zero-order valence-electron chi connectivity index (χ0n) is 12.5. The maximum atomic E-state index is 11.2. The molecule has 0 heterocycles. The SMILES string of the molecule is O=[N+]([O-])c1ccc(-c2ccccc2-c2ccccc2)cc1[N+](=O)[O-]. The molecule has 6 nitrogen and oxygen atoms in total. The lowest BCUT2D eigenvalue weighted by molar-refractivity contribution is -0.422. The lowest BCUT2D eigenvalue weighted by Gasteiger charge is -2.10. The van der Waals surface area contributed by atoms with E-state index in [9.17, 15) is 20.2 Å².